The van der Waals surface area contributed by atoms with E-state index < -0.39 is 23.3 Å². The summed E-state index contributed by atoms with van der Waals surface area (Å²) in [5.41, 5.74) is -2.90. The number of piperidine rings is 1. The number of nitrogens with one attached hydrogen (secondary N) is 1. The minimum absolute atomic E-state index is 0.0130. The third kappa shape index (κ3) is 4.77. The van der Waals surface area contributed by atoms with Crippen LogP contribution in [-0.4, -0.2) is 51.5 Å². The third-order valence-electron chi connectivity index (χ3n) is 3.37. The molecule has 1 atom stereocenters. The molecule has 0 aromatic carbocycles. The number of likely N-dealkylation sites (tertiary alicyclic amines) is 1. The van der Waals surface area contributed by atoms with Crippen LogP contribution in [-0.2, 0) is 9.53 Å². The second-order valence-corrected chi connectivity index (χ2v) is 7.05. The van der Waals surface area contributed by atoms with Crippen LogP contribution >= 0.6 is 11.6 Å². The van der Waals surface area contributed by atoms with Crippen molar-refractivity contribution in [3.05, 3.63) is 17.3 Å². The maximum atomic E-state index is 15.0. The molecule has 0 bridgehead atoms. The first-order valence-electron chi connectivity index (χ1n) is 7.57. The topological polar surface area (TPSA) is 84.4 Å². The van der Waals surface area contributed by atoms with Crippen LogP contribution in [0.3, 0.4) is 0 Å². The molecular weight excluding hydrogens is 339 g/mol. The Hall–Kier alpha value is -1.96. The lowest BCUT2D eigenvalue weighted by atomic mass is 9.94. The maximum Gasteiger partial charge on any atom is 0.410 e. The summed E-state index contributed by atoms with van der Waals surface area (Å²) in [7, 11) is 0. The highest BCUT2D eigenvalue weighted by atomic mass is 35.5. The van der Waals surface area contributed by atoms with Gasteiger partial charge in [-0.1, -0.05) is 11.6 Å². The van der Waals surface area contributed by atoms with Crippen molar-refractivity contribution in [2.24, 2.45) is 0 Å². The molecule has 1 aliphatic heterocycles. The van der Waals surface area contributed by atoms with Crippen molar-refractivity contribution < 1.29 is 18.7 Å². The van der Waals surface area contributed by atoms with Crippen LogP contribution in [0.4, 0.5) is 15.0 Å². The third-order valence-corrected chi connectivity index (χ3v) is 3.58. The van der Waals surface area contributed by atoms with Gasteiger partial charge in [0.15, 0.2) is 11.0 Å². The lowest BCUT2D eigenvalue weighted by Crippen LogP contribution is -2.54. The smallest absolute Gasteiger partial charge is 0.410 e. The number of rotatable bonds is 2. The summed E-state index contributed by atoms with van der Waals surface area (Å²) >= 11 is 5.61. The second-order valence-electron chi connectivity index (χ2n) is 6.67. The van der Waals surface area contributed by atoms with Gasteiger partial charge in [-0.05, 0) is 45.7 Å². The van der Waals surface area contributed by atoms with Crippen LogP contribution < -0.4 is 5.32 Å². The first-order valence-corrected chi connectivity index (χ1v) is 7.94. The molecule has 1 N–H and O–H groups in total. The zero-order chi connectivity index (χ0) is 18.0. The second kappa shape index (κ2) is 6.88. The molecule has 1 fully saturated rings. The van der Waals surface area contributed by atoms with Crippen LogP contribution in [0.5, 0.6) is 0 Å². The molecule has 0 radical (unpaired) electrons. The van der Waals surface area contributed by atoms with E-state index in [0.29, 0.717) is 13.0 Å². The van der Waals surface area contributed by atoms with Crippen LogP contribution in [0.25, 0.3) is 0 Å². The largest absolute Gasteiger partial charge is 0.444 e. The van der Waals surface area contributed by atoms with Crippen molar-refractivity contribution in [2.45, 2.75) is 44.9 Å². The molecule has 132 valence electrons. The summed E-state index contributed by atoms with van der Waals surface area (Å²) < 4.78 is 20.3. The number of carbonyl (C=O) groups is 2. The average molecular weight is 359 g/mol. The van der Waals surface area contributed by atoms with Crippen molar-refractivity contribution in [3.63, 3.8) is 0 Å². The summed E-state index contributed by atoms with van der Waals surface area (Å²) in [6.45, 7) is 5.15. The number of hydrogen-bond acceptors (Lipinski definition) is 5. The molecule has 0 spiro atoms. The van der Waals surface area contributed by atoms with E-state index in [1.807, 2.05) is 0 Å². The monoisotopic (exact) mass is 358 g/mol. The first-order chi connectivity index (χ1) is 11.1. The van der Waals surface area contributed by atoms with E-state index in [9.17, 15) is 9.59 Å². The Morgan fingerprint density at radius 1 is 1.38 bits per heavy atom. The van der Waals surface area contributed by atoms with Crippen molar-refractivity contribution in [1.29, 1.82) is 0 Å². The highest BCUT2D eigenvalue weighted by Gasteiger charge is 2.45. The van der Waals surface area contributed by atoms with E-state index in [2.05, 4.69) is 15.5 Å². The highest BCUT2D eigenvalue weighted by molar-refractivity contribution is 6.29. The number of hydrogen-bond donors (Lipinski definition) is 1. The molecule has 1 aromatic heterocycles. The molecule has 24 heavy (non-hydrogen) atoms. The summed E-state index contributed by atoms with van der Waals surface area (Å²) in [5.74, 6) is -0.775. The fraction of sp³-hybridized carbons (Fsp3) is 0.600. The standard InChI is InChI=1S/C15H20ClFN4O3/c1-14(2,3)24-13(23)21-8-4-7-15(17,9-21)12(22)18-11-6-5-10(16)19-20-11/h5-6H,4,7-9H2,1-3H3,(H,18,20,22). The predicted molar refractivity (Wildman–Crippen MR) is 86.6 cm³/mol. The Morgan fingerprint density at radius 3 is 2.67 bits per heavy atom. The molecule has 1 aliphatic rings. The predicted octanol–water partition coefficient (Wildman–Crippen LogP) is 2.81. The van der Waals surface area contributed by atoms with Gasteiger partial charge in [0.1, 0.15) is 5.60 Å². The first kappa shape index (κ1) is 18.4. The number of carbonyl (C=O) groups excluding carboxylic acids is 2. The molecule has 2 heterocycles. The van der Waals surface area contributed by atoms with E-state index in [-0.39, 0.29) is 23.9 Å². The molecule has 9 heteroatoms. The van der Waals surface area contributed by atoms with Crippen LogP contribution in [0, 0.1) is 0 Å². The van der Waals surface area contributed by atoms with Gasteiger partial charge in [0.25, 0.3) is 5.91 Å². The summed E-state index contributed by atoms with van der Waals surface area (Å²) in [6, 6.07) is 2.86. The van der Waals surface area contributed by atoms with Gasteiger partial charge in [0, 0.05) is 6.54 Å². The van der Waals surface area contributed by atoms with Gasteiger partial charge in [0.05, 0.1) is 6.54 Å². The summed E-state index contributed by atoms with van der Waals surface area (Å²) in [5, 5.41) is 9.76. The number of nitrogens with zero attached hydrogens (tertiary/aromatic N) is 3. The zero-order valence-corrected chi connectivity index (χ0v) is 14.6. The highest BCUT2D eigenvalue weighted by Crippen LogP contribution is 2.28. The van der Waals surface area contributed by atoms with Gasteiger partial charge in [-0.3, -0.25) is 4.79 Å². The number of aromatic nitrogens is 2. The van der Waals surface area contributed by atoms with Crippen LogP contribution in [0.2, 0.25) is 5.15 Å². The van der Waals surface area contributed by atoms with E-state index in [0.717, 1.165) is 0 Å². The molecule has 7 nitrogen and oxygen atoms in total. The molecule has 2 amide bonds. The van der Waals surface area contributed by atoms with Gasteiger partial charge in [-0.15, -0.1) is 10.2 Å². The Morgan fingerprint density at radius 2 is 2.08 bits per heavy atom. The van der Waals surface area contributed by atoms with Gasteiger partial charge >= 0.3 is 6.09 Å². The molecule has 1 saturated heterocycles. The molecule has 2 rings (SSSR count). The number of amides is 2. The van der Waals surface area contributed by atoms with Gasteiger partial charge in [-0.25, -0.2) is 9.18 Å². The van der Waals surface area contributed by atoms with E-state index in [4.69, 9.17) is 16.3 Å². The quantitative estimate of drug-likeness (QED) is 0.878. The van der Waals surface area contributed by atoms with Gasteiger partial charge in [-0.2, -0.15) is 0 Å². The van der Waals surface area contributed by atoms with Crippen molar-refractivity contribution in [3.8, 4) is 0 Å². The Kier molecular flexibility index (Phi) is 5.27. The number of anilines is 1. The molecule has 0 aliphatic carbocycles. The van der Waals surface area contributed by atoms with E-state index in [1.165, 1.54) is 17.0 Å². The van der Waals surface area contributed by atoms with E-state index >= 15 is 4.39 Å². The fourth-order valence-electron chi connectivity index (χ4n) is 2.29. The van der Waals surface area contributed by atoms with Gasteiger partial charge in [0.2, 0.25) is 5.67 Å². The van der Waals surface area contributed by atoms with Crippen LogP contribution in [0.1, 0.15) is 33.6 Å². The Balaban J connectivity index is 2.03. The normalized spacial score (nSPS) is 21.3. The lowest BCUT2D eigenvalue weighted by Gasteiger charge is -2.36. The fourth-order valence-corrected chi connectivity index (χ4v) is 2.39. The zero-order valence-electron chi connectivity index (χ0n) is 13.8. The summed E-state index contributed by atoms with van der Waals surface area (Å²) in [6.07, 6.45) is -0.266. The molecular formula is C15H20ClFN4O3. The van der Waals surface area contributed by atoms with Crippen molar-refractivity contribution in [2.75, 3.05) is 18.4 Å². The summed E-state index contributed by atoms with van der Waals surface area (Å²) in [4.78, 5) is 25.6. The molecule has 1 unspecified atom stereocenters. The SMILES string of the molecule is CC(C)(C)OC(=O)N1CCCC(F)(C(=O)Nc2ccc(Cl)nn2)C1. The maximum absolute atomic E-state index is 15.0. The van der Waals surface area contributed by atoms with Crippen molar-refractivity contribution >= 4 is 29.4 Å². The lowest BCUT2D eigenvalue weighted by molar-refractivity contribution is -0.130. The molecule has 0 saturated carbocycles. The average Bonchev–Trinajstić information content (AvgIpc) is 2.48. The Labute approximate surface area is 144 Å². The number of alkyl halides is 1. The minimum atomic E-state index is -2.21. The van der Waals surface area contributed by atoms with Crippen molar-refractivity contribution in [1.82, 2.24) is 15.1 Å². The molecule has 1 aromatic rings. The van der Waals surface area contributed by atoms with Crippen LogP contribution in [0.15, 0.2) is 12.1 Å². The minimum Gasteiger partial charge on any atom is -0.444 e. The number of halogens is 2. The Bertz CT molecular complexity index is 620. The van der Waals surface area contributed by atoms with Gasteiger partial charge < -0.3 is 15.0 Å². The number of ether oxygens (including phenoxy) is 1. The van der Waals surface area contributed by atoms with E-state index in [1.54, 1.807) is 20.8 Å².